The lowest BCUT2D eigenvalue weighted by Crippen LogP contribution is -2.41. The second-order valence-electron chi connectivity index (χ2n) is 8.44. The molecule has 0 spiro atoms. The molecule has 0 saturated heterocycles. The molecule has 5 nitrogen and oxygen atoms in total. The van der Waals surface area contributed by atoms with E-state index < -0.39 is 22.5 Å². The number of fused-ring (bicyclic) bond motifs is 1. The number of nitrogens with one attached hydrogen (secondary N) is 1. The van der Waals surface area contributed by atoms with Crippen molar-refractivity contribution in [2.24, 2.45) is 0 Å². The van der Waals surface area contributed by atoms with Gasteiger partial charge in [-0.05, 0) is 79.6 Å². The number of hydrogen-bond acceptors (Lipinski definition) is 3. The SMILES string of the molecule is CC(NC(=O)CN(c1ccc(Cl)cc1Cl)S(=O)(=O)c1ccccc1)c1ccc2c(c1)CCCC2. The van der Waals surface area contributed by atoms with Gasteiger partial charge in [-0.25, -0.2) is 8.42 Å². The Hall–Kier alpha value is -2.54. The lowest BCUT2D eigenvalue weighted by atomic mass is 9.89. The maximum atomic E-state index is 13.5. The summed E-state index contributed by atoms with van der Waals surface area (Å²) in [5, 5.41) is 3.46. The number of halogens is 2. The van der Waals surface area contributed by atoms with E-state index in [1.807, 2.05) is 13.0 Å². The van der Waals surface area contributed by atoms with Crippen LogP contribution in [0, 0.1) is 0 Å². The van der Waals surface area contributed by atoms with Crippen LogP contribution in [0.15, 0.2) is 71.6 Å². The van der Waals surface area contributed by atoms with E-state index in [2.05, 4.69) is 17.4 Å². The highest BCUT2D eigenvalue weighted by Crippen LogP contribution is 2.33. The van der Waals surface area contributed by atoms with Crippen LogP contribution >= 0.6 is 23.2 Å². The van der Waals surface area contributed by atoms with Gasteiger partial charge < -0.3 is 5.32 Å². The summed E-state index contributed by atoms with van der Waals surface area (Å²) >= 11 is 12.4. The number of amides is 1. The maximum absolute atomic E-state index is 13.5. The number of rotatable bonds is 7. The highest BCUT2D eigenvalue weighted by molar-refractivity contribution is 7.92. The van der Waals surface area contributed by atoms with Gasteiger partial charge in [0.25, 0.3) is 10.0 Å². The molecule has 1 aliphatic rings. The summed E-state index contributed by atoms with van der Waals surface area (Å²) in [6.07, 6.45) is 4.51. The van der Waals surface area contributed by atoms with Gasteiger partial charge in [0.15, 0.2) is 0 Å². The molecule has 0 aliphatic heterocycles. The minimum atomic E-state index is -4.05. The van der Waals surface area contributed by atoms with Gasteiger partial charge >= 0.3 is 0 Å². The third-order valence-corrected chi connectivity index (χ3v) is 8.36. The Morgan fingerprint density at radius 3 is 2.38 bits per heavy atom. The van der Waals surface area contributed by atoms with Crippen LogP contribution < -0.4 is 9.62 Å². The van der Waals surface area contributed by atoms with Crippen molar-refractivity contribution in [3.05, 3.63) is 93.5 Å². The molecule has 1 N–H and O–H groups in total. The molecule has 1 amide bonds. The number of nitrogens with zero attached hydrogens (tertiary/aromatic N) is 1. The monoisotopic (exact) mass is 516 g/mol. The molecule has 1 aliphatic carbocycles. The predicted octanol–water partition coefficient (Wildman–Crippen LogP) is 5.94. The van der Waals surface area contributed by atoms with Crippen LogP contribution in [0.4, 0.5) is 5.69 Å². The third-order valence-electron chi connectivity index (χ3n) is 6.05. The highest BCUT2D eigenvalue weighted by Gasteiger charge is 2.29. The molecule has 3 aromatic rings. The van der Waals surface area contributed by atoms with Gasteiger partial charge in [0.2, 0.25) is 5.91 Å². The standard InChI is InChI=1S/C26H26Cl2N2O3S/c1-18(20-12-11-19-7-5-6-8-21(19)15-20)29-26(31)17-30(25-14-13-22(27)16-24(25)28)34(32,33)23-9-3-2-4-10-23/h2-4,9-16,18H,5-8,17H2,1H3,(H,29,31). The van der Waals surface area contributed by atoms with Crippen molar-refractivity contribution in [1.29, 1.82) is 0 Å². The summed E-state index contributed by atoms with van der Waals surface area (Å²) < 4.78 is 28.0. The number of carbonyl (C=O) groups excluding carboxylic acids is 1. The zero-order valence-corrected chi connectivity index (χ0v) is 21.1. The zero-order chi connectivity index (χ0) is 24.3. The van der Waals surface area contributed by atoms with Crippen molar-refractivity contribution in [1.82, 2.24) is 5.32 Å². The maximum Gasteiger partial charge on any atom is 0.264 e. The van der Waals surface area contributed by atoms with Crippen molar-refractivity contribution in [3.63, 3.8) is 0 Å². The second-order valence-corrected chi connectivity index (χ2v) is 11.2. The average Bonchev–Trinajstić information content (AvgIpc) is 2.83. The van der Waals surface area contributed by atoms with Crippen LogP contribution in [-0.2, 0) is 27.7 Å². The van der Waals surface area contributed by atoms with Crippen LogP contribution in [-0.4, -0.2) is 20.9 Å². The third kappa shape index (κ3) is 5.40. The summed E-state index contributed by atoms with van der Waals surface area (Å²) in [5.41, 5.74) is 3.87. The van der Waals surface area contributed by atoms with Crippen molar-refractivity contribution in [2.75, 3.05) is 10.8 Å². The van der Waals surface area contributed by atoms with E-state index in [1.54, 1.807) is 24.3 Å². The Balaban J connectivity index is 1.59. The fourth-order valence-electron chi connectivity index (χ4n) is 4.23. The molecule has 4 rings (SSSR count). The van der Waals surface area contributed by atoms with Gasteiger partial charge in [0.05, 0.1) is 21.6 Å². The molecular weight excluding hydrogens is 491 g/mol. The average molecular weight is 517 g/mol. The van der Waals surface area contributed by atoms with E-state index in [0.29, 0.717) is 5.02 Å². The summed E-state index contributed by atoms with van der Waals surface area (Å²) in [6.45, 7) is 1.47. The van der Waals surface area contributed by atoms with Gasteiger partial charge in [-0.3, -0.25) is 9.10 Å². The lowest BCUT2D eigenvalue weighted by Gasteiger charge is -2.26. The number of aryl methyl sites for hydroxylation is 2. The summed E-state index contributed by atoms with van der Waals surface area (Å²) in [5.74, 6) is -0.434. The molecule has 1 atom stereocenters. The van der Waals surface area contributed by atoms with Crippen molar-refractivity contribution < 1.29 is 13.2 Å². The molecule has 0 bridgehead atoms. The van der Waals surface area contributed by atoms with Crippen LogP contribution in [0.3, 0.4) is 0 Å². The molecule has 3 aromatic carbocycles. The second kappa shape index (κ2) is 10.4. The molecule has 0 radical (unpaired) electrons. The minimum Gasteiger partial charge on any atom is -0.348 e. The Morgan fingerprint density at radius 2 is 1.68 bits per heavy atom. The number of benzene rings is 3. The smallest absolute Gasteiger partial charge is 0.264 e. The zero-order valence-electron chi connectivity index (χ0n) is 18.8. The van der Waals surface area contributed by atoms with Crippen LogP contribution in [0.25, 0.3) is 0 Å². The Bertz CT molecular complexity index is 1300. The van der Waals surface area contributed by atoms with Gasteiger partial charge in [0, 0.05) is 5.02 Å². The summed E-state index contributed by atoms with van der Waals surface area (Å²) in [4.78, 5) is 13.1. The Morgan fingerprint density at radius 1 is 0.971 bits per heavy atom. The first-order chi connectivity index (χ1) is 16.3. The number of anilines is 1. The summed E-state index contributed by atoms with van der Waals surface area (Å²) in [7, 11) is -4.05. The van der Waals surface area contributed by atoms with Gasteiger partial charge in [-0.2, -0.15) is 0 Å². The fourth-order valence-corrected chi connectivity index (χ4v) is 6.25. The first kappa shape index (κ1) is 24.6. The van der Waals surface area contributed by atoms with Crippen LogP contribution in [0.2, 0.25) is 10.0 Å². The fraction of sp³-hybridized carbons (Fsp3) is 0.269. The van der Waals surface area contributed by atoms with Crippen LogP contribution in [0.1, 0.15) is 42.5 Å². The lowest BCUT2D eigenvalue weighted by molar-refractivity contribution is -0.120. The molecule has 0 fully saturated rings. The van der Waals surface area contributed by atoms with Crippen molar-refractivity contribution in [2.45, 2.75) is 43.5 Å². The van der Waals surface area contributed by atoms with Gasteiger partial charge in [-0.1, -0.05) is 59.6 Å². The highest BCUT2D eigenvalue weighted by atomic mass is 35.5. The normalized spacial score (nSPS) is 14.2. The molecule has 1 unspecified atom stereocenters. The number of sulfonamides is 1. The quantitative estimate of drug-likeness (QED) is 0.422. The molecule has 178 valence electrons. The van der Waals surface area contributed by atoms with E-state index in [1.165, 1.54) is 48.2 Å². The molecular formula is C26H26Cl2N2O3S. The van der Waals surface area contributed by atoms with Crippen molar-refractivity contribution >= 4 is 44.8 Å². The number of carbonyl (C=O) groups is 1. The van der Waals surface area contributed by atoms with E-state index in [-0.39, 0.29) is 21.6 Å². The Labute approximate surface area is 210 Å². The van der Waals surface area contributed by atoms with Gasteiger partial charge in [0.1, 0.15) is 6.54 Å². The topological polar surface area (TPSA) is 66.5 Å². The number of hydrogen-bond donors (Lipinski definition) is 1. The Kier molecular flexibility index (Phi) is 7.51. The first-order valence-corrected chi connectivity index (χ1v) is 13.4. The minimum absolute atomic E-state index is 0.0663. The molecule has 34 heavy (non-hydrogen) atoms. The van der Waals surface area contributed by atoms with E-state index >= 15 is 0 Å². The molecule has 0 heterocycles. The van der Waals surface area contributed by atoms with Crippen molar-refractivity contribution in [3.8, 4) is 0 Å². The van der Waals surface area contributed by atoms with Gasteiger partial charge in [-0.15, -0.1) is 0 Å². The largest absolute Gasteiger partial charge is 0.348 e. The van der Waals surface area contributed by atoms with E-state index in [4.69, 9.17) is 23.2 Å². The van der Waals surface area contributed by atoms with E-state index in [0.717, 1.165) is 22.7 Å². The van der Waals surface area contributed by atoms with Crippen LogP contribution in [0.5, 0.6) is 0 Å². The predicted molar refractivity (Wildman–Crippen MR) is 137 cm³/mol. The molecule has 8 heteroatoms. The molecule has 0 aromatic heterocycles. The van der Waals surface area contributed by atoms with E-state index in [9.17, 15) is 13.2 Å². The first-order valence-electron chi connectivity index (χ1n) is 11.2. The molecule has 0 saturated carbocycles. The summed E-state index contributed by atoms with van der Waals surface area (Å²) in [6, 6.07) is 18.5.